The highest BCUT2D eigenvalue weighted by molar-refractivity contribution is 6.31. The van der Waals surface area contributed by atoms with Gasteiger partial charge in [-0.15, -0.1) is 0 Å². The molecular weight excluding hydrogens is 274 g/mol. The lowest BCUT2D eigenvalue weighted by molar-refractivity contribution is 0.0950. The van der Waals surface area contributed by atoms with Crippen LogP contribution in [0.25, 0.3) is 0 Å². The molecule has 1 heterocycles. The molecule has 0 saturated heterocycles. The van der Waals surface area contributed by atoms with Crippen LogP contribution in [0.5, 0.6) is 0 Å². The van der Waals surface area contributed by atoms with E-state index in [2.05, 4.69) is 17.3 Å². The molecule has 0 spiro atoms. The molecule has 0 radical (unpaired) electrons. The van der Waals surface area contributed by atoms with Gasteiger partial charge in [0.25, 0.3) is 5.91 Å². The quantitative estimate of drug-likeness (QED) is 0.920. The molecule has 0 atom stereocenters. The van der Waals surface area contributed by atoms with Gasteiger partial charge >= 0.3 is 0 Å². The molecule has 0 bridgehead atoms. The van der Waals surface area contributed by atoms with Crippen molar-refractivity contribution in [2.75, 3.05) is 0 Å². The Bertz CT molecular complexity index is 590. The van der Waals surface area contributed by atoms with Crippen molar-refractivity contribution in [1.29, 1.82) is 0 Å². The summed E-state index contributed by atoms with van der Waals surface area (Å²) in [6, 6.07) is 7.62. The monoisotopic (exact) mass is 291 g/mol. The molecular formula is C15H18ClN3O. The summed E-state index contributed by atoms with van der Waals surface area (Å²) in [5, 5.41) is 7.59. The molecule has 2 aromatic rings. The van der Waals surface area contributed by atoms with Crippen LogP contribution in [0.3, 0.4) is 0 Å². The maximum absolute atomic E-state index is 12.1. The lowest BCUT2D eigenvalue weighted by atomic mass is 10.1. The summed E-state index contributed by atoms with van der Waals surface area (Å²) >= 11 is 6.06. The normalized spacial score (nSPS) is 10.6. The molecule has 0 aliphatic heterocycles. The van der Waals surface area contributed by atoms with E-state index in [0.29, 0.717) is 17.1 Å². The molecule has 1 N–H and O–H groups in total. The van der Waals surface area contributed by atoms with Gasteiger partial charge in [0, 0.05) is 12.1 Å². The summed E-state index contributed by atoms with van der Waals surface area (Å²) in [5.74, 6) is -0.104. The fraction of sp³-hybridized carbons (Fsp3) is 0.333. The Kier molecular flexibility index (Phi) is 4.79. The van der Waals surface area contributed by atoms with Gasteiger partial charge in [-0.3, -0.25) is 9.48 Å². The van der Waals surface area contributed by atoms with E-state index in [1.54, 1.807) is 10.9 Å². The molecule has 0 unspecified atom stereocenters. The number of halogens is 1. The van der Waals surface area contributed by atoms with E-state index in [-0.39, 0.29) is 5.91 Å². The van der Waals surface area contributed by atoms with Crippen molar-refractivity contribution < 1.29 is 4.79 Å². The van der Waals surface area contributed by atoms with E-state index in [1.807, 2.05) is 31.2 Å². The molecule has 5 heteroatoms. The number of aryl methyl sites for hydroxylation is 2. The summed E-state index contributed by atoms with van der Waals surface area (Å²) in [5.41, 5.74) is 2.70. The van der Waals surface area contributed by atoms with Crippen LogP contribution in [0.15, 0.2) is 30.5 Å². The minimum absolute atomic E-state index is 0.104. The number of rotatable bonds is 5. The number of benzene rings is 1. The summed E-state index contributed by atoms with van der Waals surface area (Å²) in [6.07, 6.45) is 2.57. The van der Waals surface area contributed by atoms with Crippen LogP contribution in [0.2, 0.25) is 5.02 Å². The smallest absolute Gasteiger partial charge is 0.251 e. The van der Waals surface area contributed by atoms with Crippen molar-refractivity contribution in [3.05, 3.63) is 52.3 Å². The first kappa shape index (κ1) is 14.6. The molecule has 106 valence electrons. The van der Waals surface area contributed by atoms with Gasteiger partial charge in [0.05, 0.1) is 23.5 Å². The Morgan fingerprint density at radius 1 is 1.30 bits per heavy atom. The zero-order chi connectivity index (χ0) is 14.5. The molecule has 0 saturated carbocycles. The van der Waals surface area contributed by atoms with E-state index in [1.165, 1.54) is 5.56 Å². The minimum atomic E-state index is -0.104. The third kappa shape index (κ3) is 3.20. The number of hydrogen-bond acceptors (Lipinski definition) is 2. The van der Waals surface area contributed by atoms with Crippen molar-refractivity contribution >= 4 is 17.5 Å². The highest BCUT2D eigenvalue weighted by Gasteiger charge is 2.10. The van der Waals surface area contributed by atoms with Gasteiger partial charge in [-0.2, -0.15) is 5.10 Å². The van der Waals surface area contributed by atoms with E-state index in [9.17, 15) is 4.79 Å². The third-order valence-electron chi connectivity index (χ3n) is 3.24. The second-order valence-corrected chi connectivity index (χ2v) is 4.90. The maximum Gasteiger partial charge on any atom is 0.251 e. The van der Waals surface area contributed by atoms with Crippen molar-refractivity contribution in [2.24, 2.45) is 0 Å². The predicted octanol–water partition coefficient (Wildman–Crippen LogP) is 3.05. The zero-order valence-electron chi connectivity index (χ0n) is 11.7. The summed E-state index contributed by atoms with van der Waals surface area (Å²) in [7, 11) is 0. The Hall–Kier alpha value is -1.81. The molecule has 1 aromatic heterocycles. The molecule has 1 amide bonds. The van der Waals surface area contributed by atoms with Crippen molar-refractivity contribution in [3.63, 3.8) is 0 Å². The Balaban J connectivity index is 2.02. The summed E-state index contributed by atoms with van der Waals surface area (Å²) in [4.78, 5) is 12.1. The first-order valence-electron chi connectivity index (χ1n) is 6.73. The van der Waals surface area contributed by atoms with Crippen LogP contribution >= 0.6 is 11.6 Å². The molecule has 0 aliphatic carbocycles. The van der Waals surface area contributed by atoms with E-state index >= 15 is 0 Å². The summed E-state index contributed by atoms with van der Waals surface area (Å²) in [6.45, 7) is 5.17. The first-order chi connectivity index (χ1) is 9.65. The van der Waals surface area contributed by atoms with Gasteiger partial charge in [-0.1, -0.05) is 30.7 Å². The van der Waals surface area contributed by atoms with Crippen LogP contribution in [0, 0.1) is 0 Å². The largest absolute Gasteiger partial charge is 0.346 e. The van der Waals surface area contributed by atoms with Crippen LogP contribution in [-0.2, 0) is 19.5 Å². The minimum Gasteiger partial charge on any atom is -0.346 e. The molecule has 4 nitrogen and oxygen atoms in total. The number of nitrogens with one attached hydrogen (secondary N) is 1. The third-order valence-corrected chi connectivity index (χ3v) is 3.55. The predicted molar refractivity (Wildman–Crippen MR) is 79.9 cm³/mol. The van der Waals surface area contributed by atoms with Gasteiger partial charge < -0.3 is 5.32 Å². The average molecular weight is 292 g/mol. The first-order valence-corrected chi connectivity index (χ1v) is 7.10. The van der Waals surface area contributed by atoms with Crippen LogP contribution in [-0.4, -0.2) is 15.7 Å². The SMILES string of the molecule is CCc1ccc(C(=O)NCc2c(Cl)cnn2CC)cc1. The highest BCUT2D eigenvalue weighted by atomic mass is 35.5. The number of aromatic nitrogens is 2. The number of amides is 1. The number of nitrogens with zero attached hydrogens (tertiary/aromatic N) is 2. The van der Waals surface area contributed by atoms with E-state index in [4.69, 9.17) is 11.6 Å². The Morgan fingerprint density at radius 2 is 2.00 bits per heavy atom. The number of hydrogen-bond donors (Lipinski definition) is 1. The van der Waals surface area contributed by atoms with Crippen LogP contribution in [0.4, 0.5) is 0 Å². The zero-order valence-corrected chi connectivity index (χ0v) is 12.4. The summed E-state index contributed by atoms with van der Waals surface area (Å²) < 4.78 is 1.78. The van der Waals surface area contributed by atoms with Gasteiger partial charge in [0.1, 0.15) is 0 Å². The second kappa shape index (κ2) is 6.57. The second-order valence-electron chi connectivity index (χ2n) is 4.49. The van der Waals surface area contributed by atoms with Gasteiger partial charge in [0.15, 0.2) is 0 Å². The fourth-order valence-electron chi connectivity index (χ4n) is 1.99. The molecule has 2 rings (SSSR count). The van der Waals surface area contributed by atoms with Crippen molar-refractivity contribution in [1.82, 2.24) is 15.1 Å². The Labute approximate surface area is 123 Å². The number of carbonyl (C=O) groups excluding carboxylic acids is 1. The van der Waals surface area contributed by atoms with Gasteiger partial charge in [0.2, 0.25) is 0 Å². The molecule has 20 heavy (non-hydrogen) atoms. The lowest BCUT2D eigenvalue weighted by Gasteiger charge is -2.08. The molecule has 1 aromatic carbocycles. The van der Waals surface area contributed by atoms with Gasteiger partial charge in [-0.05, 0) is 31.0 Å². The topological polar surface area (TPSA) is 46.9 Å². The van der Waals surface area contributed by atoms with E-state index < -0.39 is 0 Å². The fourth-order valence-corrected chi connectivity index (χ4v) is 2.20. The average Bonchev–Trinajstić information content (AvgIpc) is 2.85. The lowest BCUT2D eigenvalue weighted by Crippen LogP contribution is -2.24. The van der Waals surface area contributed by atoms with Crippen molar-refractivity contribution in [2.45, 2.75) is 33.4 Å². The maximum atomic E-state index is 12.1. The number of carbonyl (C=O) groups is 1. The molecule has 0 aliphatic rings. The highest BCUT2D eigenvalue weighted by Crippen LogP contribution is 2.15. The standard InChI is InChI=1S/C15H18ClN3O/c1-3-11-5-7-12(8-6-11)15(20)17-10-14-13(16)9-18-19(14)4-2/h5-9H,3-4,10H2,1-2H3,(H,17,20). The molecule has 0 fully saturated rings. The van der Waals surface area contributed by atoms with Crippen LogP contribution < -0.4 is 5.32 Å². The Morgan fingerprint density at radius 3 is 2.60 bits per heavy atom. The van der Waals surface area contributed by atoms with Crippen LogP contribution in [0.1, 0.15) is 35.5 Å². The van der Waals surface area contributed by atoms with Gasteiger partial charge in [-0.25, -0.2) is 0 Å². The van der Waals surface area contributed by atoms with Crippen molar-refractivity contribution in [3.8, 4) is 0 Å². The van der Waals surface area contributed by atoms with E-state index in [0.717, 1.165) is 18.7 Å².